The number of hydrogen-bond acceptors (Lipinski definition) is 3. The largest absolute Gasteiger partial charge is 0.348 e. The summed E-state index contributed by atoms with van der Waals surface area (Å²) in [6, 6.07) is 7.00. The van der Waals surface area contributed by atoms with Crippen molar-refractivity contribution in [2.75, 3.05) is 13.2 Å². The van der Waals surface area contributed by atoms with E-state index in [-0.39, 0.29) is 6.10 Å². The number of aryl methyl sites for hydroxylation is 2. The highest BCUT2D eigenvalue weighted by Crippen LogP contribution is 2.23. The molecular formula is C16H25NO2. The van der Waals surface area contributed by atoms with Crippen LogP contribution in [0.5, 0.6) is 0 Å². The maximum absolute atomic E-state index is 5.80. The number of ether oxygens (including phenoxy) is 2. The lowest BCUT2D eigenvalue weighted by Crippen LogP contribution is -2.32. The molecule has 3 nitrogen and oxygen atoms in total. The molecule has 0 spiro atoms. The minimum Gasteiger partial charge on any atom is -0.348 e. The Labute approximate surface area is 116 Å². The fourth-order valence-electron chi connectivity index (χ4n) is 2.55. The first-order valence-electron chi connectivity index (χ1n) is 6.99. The fraction of sp³-hybridized carbons (Fsp3) is 0.625. The third-order valence-corrected chi connectivity index (χ3v) is 3.46. The van der Waals surface area contributed by atoms with E-state index in [0.29, 0.717) is 12.6 Å². The minimum absolute atomic E-state index is 0.142. The predicted octanol–water partition coefficient (Wildman–Crippen LogP) is 3.11. The Morgan fingerprint density at radius 2 is 1.89 bits per heavy atom. The lowest BCUT2D eigenvalue weighted by atomic mass is 10.0. The van der Waals surface area contributed by atoms with Crippen LogP contribution in [0.2, 0.25) is 0 Å². The molecular weight excluding hydrogens is 238 g/mol. The van der Waals surface area contributed by atoms with Crippen molar-refractivity contribution in [2.24, 2.45) is 0 Å². The van der Waals surface area contributed by atoms with Gasteiger partial charge in [-0.25, -0.2) is 0 Å². The van der Waals surface area contributed by atoms with Crippen molar-refractivity contribution in [3.8, 4) is 0 Å². The first kappa shape index (κ1) is 14.5. The molecule has 1 aromatic rings. The van der Waals surface area contributed by atoms with Gasteiger partial charge in [0, 0.05) is 12.6 Å². The molecule has 2 rings (SSSR count). The zero-order valence-electron chi connectivity index (χ0n) is 12.6. The Morgan fingerprint density at radius 3 is 2.42 bits per heavy atom. The Kier molecular flexibility index (Phi) is 4.29. The van der Waals surface area contributed by atoms with Gasteiger partial charge in [0.2, 0.25) is 0 Å². The van der Waals surface area contributed by atoms with Crippen molar-refractivity contribution in [1.82, 2.24) is 5.32 Å². The van der Waals surface area contributed by atoms with E-state index < -0.39 is 5.79 Å². The van der Waals surface area contributed by atoms with Gasteiger partial charge in [-0.1, -0.05) is 29.3 Å². The molecule has 1 saturated heterocycles. The van der Waals surface area contributed by atoms with Gasteiger partial charge in [0.1, 0.15) is 0 Å². The second kappa shape index (κ2) is 5.61. The van der Waals surface area contributed by atoms with Crippen LogP contribution < -0.4 is 5.32 Å². The smallest absolute Gasteiger partial charge is 0.163 e. The molecule has 2 unspecified atom stereocenters. The molecule has 1 aliphatic heterocycles. The van der Waals surface area contributed by atoms with Crippen LogP contribution >= 0.6 is 0 Å². The number of hydrogen-bond donors (Lipinski definition) is 1. The van der Waals surface area contributed by atoms with Crippen LogP contribution in [0.15, 0.2) is 18.2 Å². The first-order chi connectivity index (χ1) is 8.85. The molecule has 19 heavy (non-hydrogen) atoms. The van der Waals surface area contributed by atoms with Crippen LogP contribution in [0.1, 0.15) is 43.5 Å². The van der Waals surface area contributed by atoms with E-state index in [1.165, 1.54) is 16.7 Å². The van der Waals surface area contributed by atoms with E-state index in [9.17, 15) is 0 Å². The van der Waals surface area contributed by atoms with E-state index in [4.69, 9.17) is 9.47 Å². The van der Waals surface area contributed by atoms with Gasteiger partial charge in [-0.2, -0.15) is 0 Å². The van der Waals surface area contributed by atoms with Crippen molar-refractivity contribution in [3.63, 3.8) is 0 Å². The van der Waals surface area contributed by atoms with Crippen LogP contribution in [0.25, 0.3) is 0 Å². The van der Waals surface area contributed by atoms with Crippen molar-refractivity contribution < 1.29 is 9.47 Å². The second-order valence-corrected chi connectivity index (χ2v) is 6.00. The van der Waals surface area contributed by atoms with Gasteiger partial charge < -0.3 is 14.8 Å². The van der Waals surface area contributed by atoms with Gasteiger partial charge in [-0.15, -0.1) is 0 Å². The van der Waals surface area contributed by atoms with E-state index in [2.05, 4.69) is 44.3 Å². The Morgan fingerprint density at radius 1 is 1.26 bits per heavy atom. The summed E-state index contributed by atoms with van der Waals surface area (Å²) in [6.45, 7) is 11.9. The Hall–Kier alpha value is -0.900. The summed E-state index contributed by atoms with van der Waals surface area (Å²) < 4.78 is 11.4. The average molecular weight is 263 g/mol. The zero-order chi connectivity index (χ0) is 14.0. The summed E-state index contributed by atoms with van der Waals surface area (Å²) >= 11 is 0. The third kappa shape index (κ3) is 4.03. The Bertz CT molecular complexity index is 422. The maximum Gasteiger partial charge on any atom is 0.163 e. The van der Waals surface area contributed by atoms with Crippen molar-refractivity contribution >= 4 is 0 Å². The lowest BCUT2D eigenvalue weighted by Gasteiger charge is -2.20. The molecule has 106 valence electrons. The first-order valence-corrected chi connectivity index (χ1v) is 6.99. The van der Waals surface area contributed by atoms with Crippen LogP contribution in [0.3, 0.4) is 0 Å². The summed E-state index contributed by atoms with van der Waals surface area (Å²) in [4.78, 5) is 0. The number of rotatable bonds is 4. The molecule has 0 aromatic heterocycles. The van der Waals surface area contributed by atoms with Gasteiger partial charge in [0.15, 0.2) is 5.79 Å². The van der Waals surface area contributed by atoms with Crippen molar-refractivity contribution in [3.05, 3.63) is 34.9 Å². The molecule has 1 aromatic carbocycles. The summed E-state index contributed by atoms with van der Waals surface area (Å²) in [5.41, 5.74) is 3.95. The molecule has 3 heteroatoms. The zero-order valence-corrected chi connectivity index (χ0v) is 12.6. The molecule has 0 amide bonds. The molecule has 2 atom stereocenters. The average Bonchev–Trinajstić information content (AvgIpc) is 2.64. The quantitative estimate of drug-likeness (QED) is 0.905. The molecule has 1 N–H and O–H groups in total. The highest BCUT2D eigenvalue weighted by atomic mass is 16.7. The molecule has 1 fully saturated rings. The normalized spacial score (nSPS) is 23.5. The van der Waals surface area contributed by atoms with Crippen LogP contribution in [0.4, 0.5) is 0 Å². The van der Waals surface area contributed by atoms with E-state index >= 15 is 0 Å². The monoisotopic (exact) mass is 263 g/mol. The number of benzene rings is 1. The van der Waals surface area contributed by atoms with Gasteiger partial charge in [-0.05, 0) is 40.2 Å². The van der Waals surface area contributed by atoms with Crippen LogP contribution in [-0.2, 0) is 9.47 Å². The summed E-state index contributed by atoms with van der Waals surface area (Å²) in [6.07, 6.45) is 0.142. The topological polar surface area (TPSA) is 30.5 Å². The van der Waals surface area contributed by atoms with Crippen molar-refractivity contribution in [2.45, 2.75) is 52.6 Å². The second-order valence-electron chi connectivity index (χ2n) is 6.00. The van der Waals surface area contributed by atoms with Gasteiger partial charge in [0.05, 0.1) is 12.7 Å². The minimum atomic E-state index is -0.435. The molecule has 0 radical (unpaired) electrons. The van der Waals surface area contributed by atoms with Crippen LogP contribution in [0, 0.1) is 13.8 Å². The molecule has 0 aliphatic carbocycles. The lowest BCUT2D eigenvalue weighted by molar-refractivity contribution is -0.137. The predicted molar refractivity (Wildman–Crippen MR) is 77.2 cm³/mol. The third-order valence-electron chi connectivity index (χ3n) is 3.46. The SMILES string of the molecule is Cc1cc(C)cc(C(C)NCC2COC(C)(C)O2)c1. The van der Waals surface area contributed by atoms with E-state index in [1.54, 1.807) is 0 Å². The molecule has 1 heterocycles. The summed E-state index contributed by atoms with van der Waals surface area (Å²) in [5, 5.41) is 3.53. The molecule has 1 aliphatic rings. The molecule has 0 bridgehead atoms. The summed E-state index contributed by atoms with van der Waals surface area (Å²) in [5.74, 6) is -0.435. The van der Waals surface area contributed by atoms with E-state index in [1.807, 2.05) is 13.8 Å². The van der Waals surface area contributed by atoms with Gasteiger partial charge in [0.25, 0.3) is 0 Å². The molecule has 0 saturated carbocycles. The Balaban J connectivity index is 1.89. The van der Waals surface area contributed by atoms with Crippen molar-refractivity contribution in [1.29, 1.82) is 0 Å². The number of nitrogens with one attached hydrogen (secondary N) is 1. The van der Waals surface area contributed by atoms with Gasteiger partial charge in [-0.3, -0.25) is 0 Å². The standard InChI is InChI=1S/C16H25NO2/c1-11-6-12(2)8-14(7-11)13(3)17-9-15-10-18-16(4,5)19-15/h6-8,13,15,17H,9-10H2,1-5H3. The van der Waals surface area contributed by atoms with Gasteiger partial charge >= 0.3 is 0 Å². The highest BCUT2D eigenvalue weighted by molar-refractivity contribution is 5.30. The highest BCUT2D eigenvalue weighted by Gasteiger charge is 2.32. The summed E-state index contributed by atoms with van der Waals surface area (Å²) in [7, 11) is 0. The van der Waals surface area contributed by atoms with Crippen LogP contribution in [-0.4, -0.2) is 25.0 Å². The fourth-order valence-corrected chi connectivity index (χ4v) is 2.55. The van der Waals surface area contributed by atoms with E-state index in [0.717, 1.165) is 6.54 Å². The maximum atomic E-state index is 5.80.